The first-order valence-corrected chi connectivity index (χ1v) is 5.12. The van der Waals surface area contributed by atoms with Crippen LogP contribution in [0.2, 0.25) is 0 Å². The van der Waals surface area contributed by atoms with Crippen molar-refractivity contribution in [1.29, 1.82) is 0 Å². The summed E-state index contributed by atoms with van der Waals surface area (Å²) in [5.74, 6) is -0.285. The van der Waals surface area contributed by atoms with Gasteiger partial charge in [0.05, 0.1) is 0 Å². The molecule has 13 heavy (non-hydrogen) atoms. The third-order valence-electron chi connectivity index (χ3n) is 1.32. The van der Waals surface area contributed by atoms with Crippen LogP contribution < -0.4 is 4.90 Å². The van der Waals surface area contributed by atoms with Crippen LogP contribution >= 0.6 is 27.3 Å². The molecule has 4 nitrogen and oxygen atoms in total. The van der Waals surface area contributed by atoms with Crippen molar-refractivity contribution in [3.05, 3.63) is 9.30 Å². The minimum Gasteiger partial charge on any atom is -0.274 e. The van der Waals surface area contributed by atoms with Crippen LogP contribution in [-0.2, 0) is 9.59 Å². The van der Waals surface area contributed by atoms with Crippen molar-refractivity contribution in [1.82, 2.24) is 4.98 Å². The smallest absolute Gasteiger partial charge is 0.231 e. The van der Waals surface area contributed by atoms with Crippen LogP contribution in [-0.4, -0.2) is 16.8 Å². The molecule has 0 fully saturated rings. The summed E-state index contributed by atoms with van der Waals surface area (Å²) in [7, 11) is 0. The van der Waals surface area contributed by atoms with Crippen LogP contribution in [0.1, 0.15) is 13.8 Å². The van der Waals surface area contributed by atoms with Gasteiger partial charge in [-0.2, -0.15) is 0 Å². The highest BCUT2D eigenvalue weighted by atomic mass is 79.9. The van der Waals surface area contributed by atoms with Gasteiger partial charge in [0.15, 0.2) is 9.73 Å². The van der Waals surface area contributed by atoms with Gasteiger partial charge in [-0.05, 0) is 15.9 Å². The van der Waals surface area contributed by atoms with Gasteiger partial charge >= 0.3 is 0 Å². The second kappa shape index (κ2) is 3.97. The molecule has 0 unspecified atom stereocenters. The number of thiazole rings is 1. The van der Waals surface area contributed by atoms with Gasteiger partial charge in [0.25, 0.3) is 0 Å². The molecule has 0 aliphatic heterocycles. The lowest BCUT2D eigenvalue weighted by Gasteiger charge is -2.12. The molecule has 0 atom stereocenters. The highest BCUT2D eigenvalue weighted by molar-refractivity contribution is 9.11. The van der Waals surface area contributed by atoms with Gasteiger partial charge in [0, 0.05) is 19.2 Å². The predicted octanol–water partition coefficient (Wildman–Crippen LogP) is 1.81. The van der Waals surface area contributed by atoms with Gasteiger partial charge in [-0.3, -0.25) is 9.59 Å². The standard InChI is InChI=1S/C7H7BrN2O2S/c1-4(11)10(5(2)12)6-3-13-7(8)9-6/h3H,1-2H3. The van der Waals surface area contributed by atoms with E-state index in [0.29, 0.717) is 9.73 Å². The van der Waals surface area contributed by atoms with Gasteiger partial charge in [0.1, 0.15) is 0 Å². The van der Waals surface area contributed by atoms with E-state index in [-0.39, 0.29) is 11.8 Å². The molecule has 0 aliphatic carbocycles. The Morgan fingerprint density at radius 1 is 1.46 bits per heavy atom. The van der Waals surface area contributed by atoms with Crippen LogP contribution in [0.3, 0.4) is 0 Å². The number of amides is 2. The highest BCUT2D eigenvalue weighted by Gasteiger charge is 2.18. The molecule has 1 aromatic heterocycles. The average molecular weight is 263 g/mol. The molecule has 0 aromatic carbocycles. The van der Waals surface area contributed by atoms with E-state index in [2.05, 4.69) is 20.9 Å². The van der Waals surface area contributed by atoms with Crippen LogP contribution in [0.5, 0.6) is 0 Å². The number of carbonyl (C=O) groups is 2. The number of rotatable bonds is 1. The predicted molar refractivity (Wildman–Crippen MR) is 53.7 cm³/mol. The average Bonchev–Trinajstić information content (AvgIpc) is 2.34. The second-order valence-electron chi connectivity index (χ2n) is 2.33. The number of hydrogen-bond donors (Lipinski definition) is 0. The fourth-order valence-electron chi connectivity index (χ4n) is 0.891. The van der Waals surface area contributed by atoms with Gasteiger partial charge in [-0.15, -0.1) is 11.3 Å². The molecule has 2 amide bonds. The van der Waals surface area contributed by atoms with Crippen molar-refractivity contribution in [3.8, 4) is 0 Å². The molecule has 70 valence electrons. The maximum Gasteiger partial charge on any atom is 0.231 e. The van der Waals surface area contributed by atoms with E-state index in [1.165, 1.54) is 25.2 Å². The maximum absolute atomic E-state index is 11.0. The maximum atomic E-state index is 11.0. The summed E-state index contributed by atoms with van der Waals surface area (Å²) in [6, 6.07) is 0. The Hall–Kier alpha value is -0.750. The number of halogens is 1. The van der Waals surface area contributed by atoms with E-state index in [1.807, 2.05) is 0 Å². The van der Waals surface area contributed by atoms with E-state index in [9.17, 15) is 9.59 Å². The zero-order valence-electron chi connectivity index (χ0n) is 7.07. The van der Waals surface area contributed by atoms with Gasteiger partial charge < -0.3 is 0 Å². The first-order chi connectivity index (χ1) is 6.02. The lowest BCUT2D eigenvalue weighted by atomic mass is 10.5. The summed E-state index contributed by atoms with van der Waals surface area (Å²) in [6.07, 6.45) is 0. The minimum atomic E-state index is -0.328. The molecule has 0 N–H and O–H groups in total. The zero-order chi connectivity index (χ0) is 10.0. The van der Waals surface area contributed by atoms with Crippen LogP contribution in [0, 0.1) is 0 Å². The number of carbonyl (C=O) groups excluding carboxylic acids is 2. The number of aromatic nitrogens is 1. The first-order valence-electron chi connectivity index (χ1n) is 3.44. The van der Waals surface area contributed by atoms with E-state index >= 15 is 0 Å². The summed E-state index contributed by atoms with van der Waals surface area (Å²) < 4.78 is 0.648. The van der Waals surface area contributed by atoms with Crippen molar-refractivity contribution in [3.63, 3.8) is 0 Å². The third kappa shape index (κ3) is 2.35. The van der Waals surface area contributed by atoms with Gasteiger partial charge in [-0.25, -0.2) is 9.88 Å². The molecule has 0 saturated carbocycles. The molecular weight excluding hydrogens is 256 g/mol. The third-order valence-corrected chi connectivity index (χ3v) is 2.68. The molecule has 0 radical (unpaired) electrons. The van der Waals surface area contributed by atoms with Gasteiger partial charge in [-0.1, -0.05) is 0 Å². The molecular formula is C7H7BrN2O2S. The Kier molecular flexibility index (Phi) is 3.16. The number of nitrogens with zero attached hydrogens (tertiary/aromatic N) is 2. The Morgan fingerprint density at radius 2 is 2.00 bits per heavy atom. The summed E-state index contributed by atoms with van der Waals surface area (Å²) >= 11 is 4.48. The summed E-state index contributed by atoms with van der Waals surface area (Å²) in [6.45, 7) is 2.66. The molecule has 1 aromatic rings. The van der Waals surface area contributed by atoms with Crippen molar-refractivity contribution >= 4 is 44.9 Å². The molecule has 0 spiro atoms. The van der Waals surface area contributed by atoms with Crippen LogP contribution in [0.4, 0.5) is 5.82 Å². The Balaban J connectivity index is 3.02. The lowest BCUT2D eigenvalue weighted by molar-refractivity contribution is -0.124. The first kappa shape index (κ1) is 10.3. The molecule has 1 rings (SSSR count). The highest BCUT2D eigenvalue weighted by Crippen LogP contribution is 2.22. The molecule has 6 heteroatoms. The van der Waals surface area contributed by atoms with Gasteiger partial charge in [0.2, 0.25) is 11.8 Å². The van der Waals surface area contributed by atoms with Crippen molar-refractivity contribution in [2.24, 2.45) is 0 Å². The SMILES string of the molecule is CC(=O)N(C(C)=O)c1csc(Br)n1. The minimum absolute atomic E-state index is 0.328. The van der Waals surface area contributed by atoms with Crippen molar-refractivity contribution in [2.75, 3.05) is 4.90 Å². The fourth-order valence-corrected chi connectivity index (χ4v) is 1.86. The topological polar surface area (TPSA) is 50.3 Å². The number of anilines is 1. The largest absolute Gasteiger partial charge is 0.274 e. The van der Waals surface area contributed by atoms with E-state index < -0.39 is 0 Å². The summed E-state index contributed by atoms with van der Waals surface area (Å²) in [5, 5.41) is 1.65. The van der Waals surface area contributed by atoms with Crippen LogP contribution in [0.15, 0.2) is 9.30 Å². The monoisotopic (exact) mass is 262 g/mol. The summed E-state index contributed by atoms with van der Waals surface area (Å²) in [5.41, 5.74) is 0. The molecule has 0 aliphatic rings. The summed E-state index contributed by atoms with van der Waals surface area (Å²) in [4.78, 5) is 27.1. The van der Waals surface area contributed by atoms with Crippen molar-refractivity contribution < 1.29 is 9.59 Å². The normalized spacial score (nSPS) is 9.77. The van der Waals surface area contributed by atoms with E-state index in [1.54, 1.807) is 5.38 Å². The Morgan fingerprint density at radius 3 is 2.31 bits per heavy atom. The van der Waals surface area contributed by atoms with Crippen LogP contribution in [0.25, 0.3) is 0 Å². The molecule has 0 bridgehead atoms. The van der Waals surface area contributed by atoms with E-state index in [4.69, 9.17) is 0 Å². The number of imide groups is 1. The quantitative estimate of drug-likeness (QED) is 0.776. The fraction of sp³-hybridized carbons (Fsp3) is 0.286. The Labute approximate surface area is 87.7 Å². The van der Waals surface area contributed by atoms with E-state index in [0.717, 1.165) is 4.90 Å². The molecule has 1 heterocycles. The molecule has 0 saturated heterocycles. The Bertz CT molecular complexity index is 336. The van der Waals surface area contributed by atoms with Crippen molar-refractivity contribution in [2.45, 2.75) is 13.8 Å². The second-order valence-corrected chi connectivity index (χ2v) is 4.47. The lowest BCUT2D eigenvalue weighted by Crippen LogP contribution is -2.33. The number of hydrogen-bond acceptors (Lipinski definition) is 4. The zero-order valence-corrected chi connectivity index (χ0v) is 9.48.